The Labute approximate surface area is 113 Å². The Kier molecular flexibility index (Phi) is 5.50. The van der Waals surface area contributed by atoms with Gasteiger partial charge in [0.1, 0.15) is 0 Å². The number of hydrogen-bond acceptors (Lipinski definition) is 3. The Hall–Kier alpha value is -0.710. The molecule has 5 heteroatoms. The number of carbonyl (C=O) groups excluding carboxylic acids is 1. The van der Waals surface area contributed by atoms with E-state index in [1.807, 2.05) is 25.6 Å². The largest absolute Gasteiger partial charge is 0.481 e. The molecule has 1 amide bonds. The minimum Gasteiger partial charge on any atom is -0.481 e. The third kappa shape index (κ3) is 3.64. The lowest BCUT2D eigenvalue weighted by Crippen LogP contribution is -2.28. The number of nitrogens with one attached hydrogen (secondary N) is 1. The first-order chi connectivity index (χ1) is 8.42. The van der Waals surface area contributed by atoms with Gasteiger partial charge in [0.2, 0.25) is 5.91 Å². The first-order valence-electron chi connectivity index (χ1n) is 6.42. The SMILES string of the molecule is CSCCCCCNC(=O)[C@H]1[C@@H](C(=O)O)C1(C)C. The van der Waals surface area contributed by atoms with E-state index in [2.05, 4.69) is 11.6 Å². The standard InChI is InChI=1S/C13H23NO3S/c1-13(2)9(10(13)12(16)17)11(15)14-7-5-4-6-8-18-3/h9-10H,4-8H2,1-3H3,(H,14,15)(H,16,17)/t9-,10+/m1/s1. The monoisotopic (exact) mass is 273 g/mol. The van der Waals surface area contributed by atoms with Crippen LogP contribution in [0.1, 0.15) is 33.1 Å². The van der Waals surface area contributed by atoms with Crippen LogP contribution in [-0.2, 0) is 9.59 Å². The predicted octanol–water partition coefficient (Wildman–Crippen LogP) is 1.99. The van der Waals surface area contributed by atoms with Crippen LogP contribution in [0.4, 0.5) is 0 Å². The van der Waals surface area contributed by atoms with Gasteiger partial charge in [0.25, 0.3) is 0 Å². The molecular weight excluding hydrogens is 250 g/mol. The molecule has 0 aromatic carbocycles. The molecule has 1 aliphatic carbocycles. The van der Waals surface area contributed by atoms with E-state index in [-0.39, 0.29) is 11.8 Å². The summed E-state index contributed by atoms with van der Waals surface area (Å²) >= 11 is 1.83. The summed E-state index contributed by atoms with van der Waals surface area (Å²) in [5.74, 6) is -0.683. The molecule has 0 heterocycles. The number of carboxylic acid groups (broad SMARTS) is 1. The summed E-state index contributed by atoms with van der Waals surface area (Å²) in [6.07, 6.45) is 5.33. The Morgan fingerprint density at radius 2 is 1.89 bits per heavy atom. The molecule has 0 unspecified atom stereocenters. The van der Waals surface area contributed by atoms with Crippen LogP contribution >= 0.6 is 11.8 Å². The van der Waals surface area contributed by atoms with Gasteiger partial charge in [0, 0.05) is 6.54 Å². The minimum atomic E-state index is -0.861. The maximum absolute atomic E-state index is 11.8. The van der Waals surface area contributed by atoms with Gasteiger partial charge in [-0.1, -0.05) is 20.3 Å². The molecule has 104 valence electrons. The number of carbonyl (C=O) groups is 2. The highest BCUT2D eigenvalue weighted by atomic mass is 32.2. The zero-order valence-corrected chi connectivity index (χ0v) is 12.2. The number of aliphatic carboxylic acids is 1. The summed E-state index contributed by atoms with van der Waals surface area (Å²) in [6, 6.07) is 0. The lowest BCUT2D eigenvalue weighted by Gasteiger charge is -2.05. The molecule has 0 radical (unpaired) electrons. The number of unbranched alkanes of at least 4 members (excludes halogenated alkanes) is 2. The van der Waals surface area contributed by atoms with Crippen molar-refractivity contribution in [2.75, 3.05) is 18.6 Å². The van der Waals surface area contributed by atoms with Crippen molar-refractivity contribution in [2.45, 2.75) is 33.1 Å². The van der Waals surface area contributed by atoms with Gasteiger partial charge < -0.3 is 10.4 Å². The van der Waals surface area contributed by atoms with Gasteiger partial charge in [-0.05, 0) is 30.3 Å². The van der Waals surface area contributed by atoms with E-state index in [4.69, 9.17) is 5.11 Å². The summed E-state index contributed by atoms with van der Waals surface area (Å²) in [7, 11) is 0. The molecule has 0 aromatic rings. The van der Waals surface area contributed by atoms with Crippen LogP contribution < -0.4 is 5.32 Å². The Balaban J connectivity index is 2.21. The summed E-state index contributed by atoms with van der Waals surface area (Å²) in [4.78, 5) is 22.8. The fraction of sp³-hybridized carbons (Fsp3) is 0.846. The maximum Gasteiger partial charge on any atom is 0.307 e. The van der Waals surface area contributed by atoms with E-state index in [9.17, 15) is 9.59 Å². The van der Waals surface area contributed by atoms with Crippen LogP contribution in [0.2, 0.25) is 0 Å². The highest BCUT2D eigenvalue weighted by Crippen LogP contribution is 2.58. The number of rotatable bonds is 8. The van der Waals surface area contributed by atoms with Gasteiger partial charge in [-0.25, -0.2) is 0 Å². The highest BCUT2D eigenvalue weighted by molar-refractivity contribution is 7.98. The average Bonchev–Trinajstić information content (AvgIpc) is 2.86. The molecule has 2 N–H and O–H groups in total. The molecule has 1 rings (SSSR count). The van der Waals surface area contributed by atoms with Crippen LogP contribution in [0.5, 0.6) is 0 Å². The van der Waals surface area contributed by atoms with Crippen molar-refractivity contribution in [1.82, 2.24) is 5.32 Å². The molecular formula is C13H23NO3S. The summed E-state index contributed by atoms with van der Waals surface area (Å²) < 4.78 is 0. The molecule has 0 aliphatic heterocycles. The molecule has 18 heavy (non-hydrogen) atoms. The van der Waals surface area contributed by atoms with Crippen LogP contribution in [0, 0.1) is 17.3 Å². The zero-order chi connectivity index (χ0) is 13.8. The lowest BCUT2D eigenvalue weighted by atomic mass is 10.1. The number of carboxylic acids is 1. The molecule has 0 bridgehead atoms. The Morgan fingerprint density at radius 1 is 1.22 bits per heavy atom. The second-order valence-corrected chi connectivity index (χ2v) is 6.45. The van der Waals surface area contributed by atoms with Crippen LogP contribution in [0.25, 0.3) is 0 Å². The van der Waals surface area contributed by atoms with E-state index in [1.165, 1.54) is 6.42 Å². The van der Waals surface area contributed by atoms with E-state index < -0.39 is 17.3 Å². The highest BCUT2D eigenvalue weighted by Gasteiger charge is 2.65. The number of thioether (sulfide) groups is 1. The van der Waals surface area contributed by atoms with E-state index >= 15 is 0 Å². The van der Waals surface area contributed by atoms with E-state index in [1.54, 1.807) is 0 Å². The molecule has 2 atom stereocenters. The number of hydrogen-bond donors (Lipinski definition) is 2. The summed E-state index contributed by atoms with van der Waals surface area (Å²) in [6.45, 7) is 4.34. The van der Waals surface area contributed by atoms with Gasteiger partial charge in [-0.3, -0.25) is 9.59 Å². The van der Waals surface area contributed by atoms with Crippen LogP contribution in [-0.4, -0.2) is 35.5 Å². The second kappa shape index (κ2) is 6.45. The van der Waals surface area contributed by atoms with Gasteiger partial charge in [0.05, 0.1) is 11.8 Å². The fourth-order valence-electron chi connectivity index (χ4n) is 2.46. The Morgan fingerprint density at radius 3 is 2.39 bits per heavy atom. The molecule has 0 spiro atoms. The molecule has 0 aromatic heterocycles. The van der Waals surface area contributed by atoms with Crippen LogP contribution in [0.15, 0.2) is 0 Å². The van der Waals surface area contributed by atoms with E-state index in [0.29, 0.717) is 6.54 Å². The summed E-state index contributed by atoms with van der Waals surface area (Å²) in [5, 5.41) is 11.8. The molecule has 4 nitrogen and oxygen atoms in total. The minimum absolute atomic E-state index is 0.0998. The third-order valence-electron chi connectivity index (χ3n) is 3.70. The second-order valence-electron chi connectivity index (χ2n) is 5.46. The fourth-order valence-corrected chi connectivity index (χ4v) is 2.95. The van der Waals surface area contributed by atoms with Crippen molar-refractivity contribution in [3.63, 3.8) is 0 Å². The molecule has 1 fully saturated rings. The van der Waals surface area contributed by atoms with Crippen molar-refractivity contribution in [1.29, 1.82) is 0 Å². The first-order valence-corrected chi connectivity index (χ1v) is 7.81. The van der Waals surface area contributed by atoms with E-state index in [0.717, 1.165) is 18.6 Å². The van der Waals surface area contributed by atoms with Gasteiger partial charge in [0.15, 0.2) is 0 Å². The zero-order valence-electron chi connectivity index (χ0n) is 11.4. The van der Waals surface area contributed by atoms with Crippen LogP contribution in [0.3, 0.4) is 0 Å². The predicted molar refractivity (Wildman–Crippen MR) is 73.6 cm³/mol. The average molecular weight is 273 g/mol. The van der Waals surface area contributed by atoms with Crippen molar-refractivity contribution < 1.29 is 14.7 Å². The molecule has 1 saturated carbocycles. The third-order valence-corrected chi connectivity index (χ3v) is 4.40. The molecule has 0 saturated heterocycles. The summed E-state index contributed by atoms with van der Waals surface area (Å²) in [5.41, 5.74) is -0.394. The van der Waals surface area contributed by atoms with Gasteiger partial charge in [-0.2, -0.15) is 11.8 Å². The topological polar surface area (TPSA) is 66.4 Å². The molecule has 1 aliphatic rings. The van der Waals surface area contributed by atoms with Crippen molar-refractivity contribution in [3.05, 3.63) is 0 Å². The number of amides is 1. The van der Waals surface area contributed by atoms with Gasteiger partial charge in [-0.15, -0.1) is 0 Å². The lowest BCUT2D eigenvalue weighted by molar-refractivity contribution is -0.140. The van der Waals surface area contributed by atoms with Crippen molar-refractivity contribution in [2.24, 2.45) is 17.3 Å². The van der Waals surface area contributed by atoms with Crippen molar-refractivity contribution >= 4 is 23.6 Å². The normalized spacial score (nSPS) is 24.6. The van der Waals surface area contributed by atoms with Gasteiger partial charge >= 0.3 is 5.97 Å². The smallest absolute Gasteiger partial charge is 0.307 e. The maximum atomic E-state index is 11.8. The first kappa shape index (κ1) is 15.3. The van der Waals surface area contributed by atoms with Crippen molar-refractivity contribution in [3.8, 4) is 0 Å². The Bertz CT molecular complexity index is 317. The quantitative estimate of drug-likeness (QED) is 0.664.